The minimum absolute atomic E-state index is 0.00719. The van der Waals surface area contributed by atoms with Crippen molar-refractivity contribution in [1.82, 2.24) is 10.2 Å². The number of aliphatic hydroxyl groups is 1. The van der Waals surface area contributed by atoms with E-state index in [2.05, 4.69) is 10.3 Å². The number of nitrogens with two attached hydrogens (primary N) is 2. The van der Waals surface area contributed by atoms with Gasteiger partial charge in [-0.3, -0.25) is 14.6 Å². The second-order valence-electron chi connectivity index (χ2n) is 8.55. The van der Waals surface area contributed by atoms with Crippen molar-refractivity contribution in [3.8, 4) is 0 Å². The van der Waals surface area contributed by atoms with Crippen molar-refractivity contribution in [2.24, 2.45) is 22.4 Å². The van der Waals surface area contributed by atoms with E-state index in [0.29, 0.717) is 38.8 Å². The predicted molar refractivity (Wildman–Crippen MR) is 114 cm³/mol. The number of amides is 2. The van der Waals surface area contributed by atoms with Crippen molar-refractivity contribution in [3.63, 3.8) is 0 Å². The Morgan fingerprint density at radius 3 is 2.47 bits per heavy atom. The monoisotopic (exact) mass is 423 g/mol. The van der Waals surface area contributed by atoms with Crippen LogP contribution in [-0.4, -0.2) is 64.8 Å². The van der Waals surface area contributed by atoms with E-state index >= 15 is 0 Å². The Labute approximate surface area is 178 Å². The van der Waals surface area contributed by atoms with E-state index in [1.165, 1.54) is 6.92 Å². The van der Waals surface area contributed by atoms with Gasteiger partial charge in [0, 0.05) is 13.1 Å². The van der Waals surface area contributed by atoms with Gasteiger partial charge in [-0.15, -0.1) is 0 Å². The molecule has 170 valence electrons. The maximum absolute atomic E-state index is 13.6. The quantitative estimate of drug-likeness (QED) is 0.139. The Morgan fingerprint density at radius 2 is 1.90 bits per heavy atom. The molecule has 1 saturated carbocycles. The van der Waals surface area contributed by atoms with E-state index in [9.17, 15) is 19.5 Å². The van der Waals surface area contributed by atoms with Gasteiger partial charge in [-0.25, -0.2) is 0 Å². The van der Waals surface area contributed by atoms with Gasteiger partial charge in [0.2, 0.25) is 5.91 Å². The molecule has 1 aliphatic heterocycles. The molecule has 1 aliphatic carbocycles. The first kappa shape index (κ1) is 24.1. The Hall–Kier alpha value is -2.16. The zero-order valence-electron chi connectivity index (χ0n) is 18.0. The summed E-state index contributed by atoms with van der Waals surface area (Å²) in [5.41, 5.74) is 9.63. The second-order valence-corrected chi connectivity index (χ2v) is 8.55. The standard InChI is InChI=1S/C21H37N5O4/c1-15(28)18(29)26-13-7-11-21(26,16-8-4-2-3-5-9-16)19(30)25-17(14-27)10-6-12-24-20(22)23/h14-17,28H,2-13H2,1H3,(H,25,30)(H4,22,23,24)/t15?,17-,21+/m0/s1. The summed E-state index contributed by atoms with van der Waals surface area (Å²) >= 11 is 0. The number of hydrogen-bond donors (Lipinski definition) is 4. The summed E-state index contributed by atoms with van der Waals surface area (Å²) < 4.78 is 0. The van der Waals surface area contributed by atoms with Gasteiger partial charge in [0.1, 0.15) is 17.9 Å². The number of aldehydes is 1. The molecule has 0 radical (unpaired) electrons. The van der Waals surface area contributed by atoms with Crippen LogP contribution in [0.3, 0.4) is 0 Å². The average molecular weight is 424 g/mol. The predicted octanol–water partition coefficient (Wildman–Crippen LogP) is 0.436. The zero-order chi connectivity index (χ0) is 22.1. The first-order valence-electron chi connectivity index (χ1n) is 11.1. The highest BCUT2D eigenvalue weighted by Gasteiger charge is 2.55. The van der Waals surface area contributed by atoms with Crippen LogP contribution < -0.4 is 16.8 Å². The molecule has 1 saturated heterocycles. The van der Waals surface area contributed by atoms with Crippen molar-refractivity contribution in [2.45, 2.75) is 88.8 Å². The minimum atomic E-state index is -1.16. The van der Waals surface area contributed by atoms with Crippen LogP contribution in [0.15, 0.2) is 4.99 Å². The van der Waals surface area contributed by atoms with Crippen LogP contribution in [0.5, 0.6) is 0 Å². The van der Waals surface area contributed by atoms with E-state index in [4.69, 9.17) is 11.5 Å². The molecule has 2 rings (SSSR count). The molecule has 3 atom stereocenters. The maximum atomic E-state index is 13.6. The summed E-state index contributed by atoms with van der Waals surface area (Å²) in [5.74, 6) is -0.673. The largest absolute Gasteiger partial charge is 0.384 e. The molecule has 1 unspecified atom stereocenters. The lowest BCUT2D eigenvalue weighted by atomic mass is 9.75. The van der Waals surface area contributed by atoms with Gasteiger partial charge in [-0.1, -0.05) is 25.7 Å². The van der Waals surface area contributed by atoms with Gasteiger partial charge in [0.25, 0.3) is 5.91 Å². The summed E-state index contributed by atoms with van der Waals surface area (Å²) in [7, 11) is 0. The van der Waals surface area contributed by atoms with Gasteiger partial charge in [0.05, 0.1) is 6.04 Å². The molecular weight excluding hydrogens is 386 g/mol. The fourth-order valence-electron chi connectivity index (χ4n) is 4.96. The van der Waals surface area contributed by atoms with E-state index < -0.39 is 23.6 Å². The van der Waals surface area contributed by atoms with Crippen LogP contribution in [0.4, 0.5) is 0 Å². The minimum Gasteiger partial charge on any atom is -0.384 e. The van der Waals surface area contributed by atoms with Crippen LogP contribution in [0.1, 0.15) is 71.1 Å². The maximum Gasteiger partial charge on any atom is 0.252 e. The van der Waals surface area contributed by atoms with Crippen molar-refractivity contribution in [3.05, 3.63) is 0 Å². The third-order valence-corrected chi connectivity index (χ3v) is 6.42. The number of guanidine groups is 1. The molecule has 9 heteroatoms. The topological polar surface area (TPSA) is 151 Å². The fraction of sp³-hybridized carbons (Fsp3) is 0.810. The van der Waals surface area contributed by atoms with Gasteiger partial charge in [0.15, 0.2) is 5.96 Å². The Kier molecular flexibility index (Phi) is 9.08. The average Bonchev–Trinajstić information content (AvgIpc) is 2.97. The summed E-state index contributed by atoms with van der Waals surface area (Å²) in [6.07, 6.45) is 7.82. The highest BCUT2D eigenvalue weighted by atomic mass is 16.3. The molecule has 2 amide bonds. The third-order valence-electron chi connectivity index (χ3n) is 6.42. The number of nitrogens with one attached hydrogen (secondary N) is 1. The normalized spacial score (nSPS) is 24.5. The summed E-state index contributed by atoms with van der Waals surface area (Å²) in [4.78, 5) is 43.5. The molecule has 30 heavy (non-hydrogen) atoms. The molecule has 0 aromatic heterocycles. The lowest BCUT2D eigenvalue weighted by Crippen LogP contribution is -2.64. The molecule has 2 fully saturated rings. The molecule has 2 aliphatic rings. The van der Waals surface area contributed by atoms with Crippen LogP contribution in [0.25, 0.3) is 0 Å². The van der Waals surface area contributed by atoms with Gasteiger partial charge in [-0.2, -0.15) is 0 Å². The third kappa shape index (κ3) is 5.71. The van der Waals surface area contributed by atoms with Crippen molar-refractivity contribution >= 4 is 24.1 Å². The van der Waals surface area contributed by atoms with Crippen molar-refractivity contribution in [1.29, 1.82) is 0 Å². The first-order chi connectivity index (χ1) is 14.3. The molecule has 6 N–H and O–H groups in total. The number of carbonyl (C=O) groups is 3. The smallest absolute Gasteiger partial charge is 0.252 e. The Bertz CT molecular complexity index is 627. The number of hydrogen-bond acceptors (Lipinski definition) is 5. The van der Waals surface area contributed by atoms with Crippen LogP contribution in [-0.2, 0) is 14.4 Å². The molecule has 0 bridgehead atoms. The van der Waals surface area contributed by atoms with Gasteiger partial charge in [-0.05, 0) is 51.4 Å². The molecule has 0 aromatic carbocycles. The number of aliphatic imine (C=N–C) groups is 1. The van der Waals surface area contributed by atoms with Crippen LogP contribution in [0.2, 0.25) is 0 Å². The molecule has 9 nitrogen and oxygen atoms in total. The van der Waals surface area contributed by atoms with E-state index in [0.717, 1.165) is 44.8 Å². The lowest BCUT2D eigenvalue weighted by Gasteiger charge is -2.44. The van der Waals surface area contributed by atoms with Gasteiger partial charge < -0.3 is 31.6 Å². The number of nitrogens with zero attached hydrogens (tertiary/aromatic N) is 2. The van der Waals surface area contributed by atoms with E-state index in [-0.39, 0.29) is 17.8 Å². The van der Waals surface area contributed by atoms with E-state index in [1.54, 1.807) is 4.90 Å². The molecule has 0 spiro atoms. The number of rotatable bonds is 9. The summed E-state index contributed by atoms with van der Waals surface area (Å²) in [5, 5.41) is 12.8. The van der Waals surface area contributed by atoms with Crippen molar-refractivity contribution in [2.75, 3.05) is 13.1 Å². The Morgan fingerprint density at radius 1 is 1.23 bits per heavy atom. The number of aliphatic hydroxyl groups excluding tert-OH is 1. The molecule has 1 heterocycles. The second kappa shape index (κ2) is 11.3. The highest BCUT2D eigenvalue weighted by molar-refractivity contribution is 5.94. The summed E-state index contributed by atoms with van der Waals surface area (Å²) in [6, 6.07) is -0.668. The first-order valence-corrected chi connectivity index (χ1v) is 11.1. The molecular formula is C21H37N5O4. The van der Waals surface area contributed by atoms with Gasteiger partial charge >= 0.3 is 0 Å². The highest BCUT2D eigenvalue weighted by Crippen LogP contribution is 2.43. The number of likely N-dealkylation sites (tertiary alicyclic amines) is 1. The van der Waals surface area contributed by atoms with Crippen LogP contribution >= 0.6 is 0 Å². The van der Waals surface area contributed by atoms with Crippen LogP contribution in [0, 0.1) is 5.92 Å². The van der Waals surface area contributed by atoms with E-state index in [1.807, 2.05) is 0 Å². The summed E-state index contributed by atoms with van der Waals surface area (Å²) in [6.45, 7) is 2.27. The number of carbonyl (C=O) groups excluding carboxylic acids is 3. The molecule has 0 aromatic rings. The van der Waals surface area contributed by atoms with Crippen molar-refractivity contribution < 1.29 is 19.5 Å². The lowest BCUT2D eigenvalue weighted by molar-refractivity contribution is -0.154. The zero-order valence-corrected chi connectivity index (χ0v) is 18.0. The SMILES string of the molecule is CC(O)C(=O)N1CCC[C@]1(C(=O)N[C@H](C=O)CCCN=C(N)N)C1CCCCCC1. The fourth-order valence-corrected chi connectivity index (χ4v) is 4.96. The Balaban J connectivity index is 2.22.